The first kappa shape index (κ1) is 16.0. The highest BCUT2D eigenvalue weighted by atomic mass is 32.2. The Morgan fingerprint density at radius 2 is 2.22 bits per heavy atom. The molecule has 1 aliphatic rings. The Kier molecular flexibility index (Phi) is 8.76. The zero-order valence-electron chi connectivity index (χ0n) is 11.6. The molecule has 1 unspecified atom stereocenters. The average molecular weight is 290 g/mol. The second-order valence-electron chi connectivity index (χ2n) is 4.73. The van der Waals surface area contributed by atoms with E-state index >= 15 is 0 Å². The number of hydrogen-bond donors (Lipinski definition) is 1. The van der Waals surface area contributed by atoms with Crippen LogP contribution in [-0.4, -0.2) is 53.6 Å². The summed E-state index contributed by atoms with van der Waals surface area (Å²) in [4.78, 5) is 14.1. The van der Waals surface area contributed by atoms with Crippen LogP contribution < -0.4 is 5.32 Å². The minimum Gasteiger partial charge on any atom is -0.338 e. The molecule has 0 bridgehead atoms. The van der Waals surface area contributed by atoms with Crippen molar-refractivity contribution in [3.8, 4) is 0 Å². The van der Waals surface area contributed by atoms with Crippen LogP contribution in [-0.2, 0) is 0 Å². The molecule has 106 valence electrons. The Labute approximate surface area is 120 Å². The average Bonchev–Trinajstić information content (AvgIpc) is 2.58. The Balaban J connectivity index is 2.14. The standard InChI is InChI=1S/C13H26N2OS2/c1-12-6-10-18-11-8-15(12)13(16)14-7-4-3-5-9-17-2/h12H,3-11H2,1-2H3,(H,14,16). The van der Waals surface area contributed by atoms with Crippen molar-refractivity contribution in [2.75, 3.05) is 36.6 Å². The number of unbranched alkanes of at least 4 members (excludes halogenated alkanes) is 2. The lowest BCUT2D eigenvalue weighted by molar-refractivity contribution is 0.183. The molecule has 2 amide bonds. The number of nitrogens with one attached hydrogen (secondary N) is 1. The smallest absolute Gasteiger partial charge is 0.317 e. The largest absolute Gasteiger partial charge is 0.338 e. The fraction of sp³-hybridized carbons (Fsp3) is 0.923. The van der Waals surface area contributed by atoms with Crippen molar-refractivity contribution < 1.29 is 4.79 Å². The molecule has 1 aliphatic heterocycles. The van der Waals surface area contributed by atoms with Gasteiger partial charge < -0.3 is 10.2 Å². The molecule has 3 nitrogen and oxygen atoms in total. The van der Waals surface area contributed by atoms with Crippen molar-refractivity contribution >= 4 is 29.6 Å². The molecule has 0 radical (unpaired) electrons. The molecule has 18 heavy (non-hydrogen) atoms. The zero-order valence-corrected chi connectivity index (χ0v) is 13.2. The van der Waals surface area contributed by atoms with E-state index in [1.807, 2.05) is 28.4 Å². The monoisotopic (exact) mass is 290 g/mol. The quantitative estimate of drug-likeness (QED) is 0.763. The Morgan fingerprint density at radius 1 is 1.39 bits per heavy atom. The second-order valence-corrected chi connectivity index (χ2v) is 6.94. The number of hydrogen-bond acceptors (Lipinski definition) is 3. The number of carbonyl (C=O) groups is 1. The van der Waals surface area contributed by atoms with E-state index in [4.69, 9.17) is 0 Å². The van der Waals surface area contributed by atoms with E-state index in [1.54, 1.807) is 0 Å². The number of carbonyl (C=O) groups excluding carboxylic acids is 1. The minimum absolute atomic E-state index is 0.134. The van der Waals surface area contributed by atoms with Crippen LogP contribution >= 0.6 is 23.5 Å². The highest BCUT2D eigenvalue weighted by Crippen LogP contribution is 2.15. The van der Waals surface area contributed by atoms with E-state index in [2.05, 4.69) is 18.5 Å². The molecule has 0 saturated carbocycles. The third-order valence-electron chi connectivity index (χ3n) is 3.25. The molecule has 0 aromatic heterocycles. The van der Waals surface area contributed by atoms with Gasteiger partial charge in [0.25, 0.3) is 0 Å². The lowest BCUT2D eigenvalue weighted by atomic mass is 10.2. The predicted octanol–water partition coefficient (Wildman–Crippen LogP) is 3.06. The Bertz CT molecular complexity index is 239. The van der Waals surface area contributed by atoms with Crippen LogP contribution in [0.1, 0.15) is 32.6 Å². The van der Waals surface area contributed by atoms with Crippen molar-refractivity contribution in [2.24, 2.45) is 0 Å². The van der Waals surface area contributed by atoms with E-state index in [0.29, 0.717) is 6.04 Å². The number of urea groups is 1. The highest BCUT2D eigenvalue weighted by molar-refractivity contribution is 7.99. The van der Waals surface area contributed by atoms with E-state index in [1.165, 1.54) is 24.3 Å². The van der Waals surface area contributed by atoms with Crippen molar-refractivity contribution in [3.63, 3.8) is 0 Å². The maximum atomic E-state index is 12.1. The molecular formula is C13H26N2OS2. The van der Waals surface area contributed by atoms with Crippen LogP contribution in [0.5, 0.6) is 0 Å². The van der Waals surface area contributed by atoms with Gasteiger partial charge >= 0.3 is 6.03 Å². The number of amides is 2. The predicted molar refractivity (Wildman–Crippen MR) is 83.7 cm³/mol. The van der Waals surface area contributed by atoms with Gasteiger partial charge in [0.2, 0.25) is 0 Å². The molecule has 0 aliphatic carbocycles. The van der Waals surface area contributed by atoms with Crippen LogP contribution in [0, 0.1) is 0 Å². The first-order valence-electron chi connectivity index (χ1n) is 6.87. The number of thioether (sulfide) groups is 2. The minimum atomic E-state index is 0.134. The van der Waals surface area contributed by atoms with Gasteiger partial charge in [-0.05, 0) is 43.9 Å². The van der Waals surface area contributed by atoms with E-state index < -0.39 is 0 Å². The molecule has 0 spiro atoms. The first-order chi connectivity index (χ1) is 8.75. The molecule has 0 aromatic carbocycles. The summed E-state index contributed by atoms with van der Waals surface area (Å²) in [5.74, 6) is 3.49. The molecule has 1 rings (SSSR count). The summed E-state index contributed by atoms with van der Waals surface area (Å²) >= 11 is 3.85. The third-order valence-corrected chi connectivity index (χ3v) is 4.94. The summed E-state index contributed by atoms with van der Waals surface area (Å²) in [5, 5.41) is 3.06. The normalized spacial score (nSPS) is 20.6. The topological polar surface area (TPSA) is 32.3 Å². The fourth-order valence-corrected chi connectivity index (χ4v) is 3.57. The maximum Gasteiger partial charge on any atom is 0.317 e. The lowest BCUT2D eigenvalue weighted by Crippen LogP contribution is -2.45. The molecule has 1 atom stereocenters. The molecular weight excluding hydrogens is 264 g/mol. The van der Waals surface area contributed by atoms with Gasteiger partial charge in [0.1, 0.15) is 0 Å². The molecule has 5 heteroatoms. The van der Waals surface area contributed by atoms with Crippen LogP contribution in [0.15, 0.2) is 0 Å². The van der Waals surface area contributed by atoms with Gasteiger partial charge in [0.15, 0.2) is 0 Å². The first-order valence-corrected chi connectivity index (χ1v) is 9.41. The summed E-state index contributed by atoms with van der Waals surface area (Å²) in [6.45, 7) is 3.87. The van der Waals surface area contributed by atoms with Gasteiger partial charge in [0, 0.05) is 24.9 Å². The molecule has 1 saturated heterocycles. The van der Waals surface area contributed by atoms with Crippen molar-refractivity contribution in [1.29, 1.82) is 0 Å². The molecule has 0 aromatic rings. The summed E-state index contributed by atoms with van der Waals surface area (Å²) in [6.07, 6.45) is 6.83. The van der Waals surface area contributed by atoms with Crippen molar-refractivity contribution in [2.45, 2.75) is 38.6 Å². The summed E-state index contributed by atoms with van der Waals surface area (Å²) < 4.78 is 0. The van der Waals surface area contributed by atoms with Crippen LogP contribution in [0.25, 0.3) is 0 Å². The van der Waals surface area contributed by atoms with Gasteiger partial charge in [-0.2, -0.15) is 23.5 Å². The zero-order chi connectivity index (χ0) is 13.2. The highest BCUT2D eigenvalue weighted by Gasteiger charge is 2.21. The van der Waals surface area contributed by atoms with Crippen LogP contribution in [0.3, 0.4) is 0 Å². The SMILES string of the molecule is CSCCCCCNC(=O)N1CCSCCC1C. The van der Waals surface area contributed by atoms with E-state index in [9.17, 15) is 4.79 Å². The van der Waals surface area contributed by atoms with Crippen LogP contribution in [0.2, 0.25) is 0 Å². The Morgan fingerprint density at radius 3 is 3.00 bits per heavy atom. The van der Waals surface area contributed by atoms with Gasteiger partial charge in [-0.3, -0.25) is 0 Å². The van der Waals surface area contributed by atoms with E-state index in [0.717, 1.165) is 31.7 Å². The molecule has 1 N–H and O–H groups in total. The summed E-state index contributed by atoms with van der Waals surface area (Å²) in [5.41, 5.74) is 0. The third kappa shape index (κ3) is 6.23. The van der Waals surface area contributed by atoms with Gasteiger partial charge in [-0.15, -0.1) is 0 Å². The Hall–Kier alpha value is -0.0300. The second kappa shape index (κ2) is 9.84. The summed E-state index contributed by atoms with van der Waals surface area (Å²) in [6, 6.07) is 0.520. The summed E-state index contributed by atoms with van der Waals surface area (Å²) in [7, 11) is 0. The fourth-order valence-electron chi connectivity index (χ4n) is 2.04. The van der Waals surface area contributed by atoms with Gasteiger partial charge in [0.05, 0.1) is 0 Å². The molecule has 1 fully saturated rings. The van der Waals surface area contributed by atoms with Gasteiger partial charge in [-0.25, -0.2) is 4.79 Å². The molecule has 1 heterocycles. The van der Waals surface area contributed by atoms with Crippen molar-refractivity contribution in [1.82, 2.24) is 10.2 Å². The van der Waals surface area contributed by atoms with Gasteiger partial charge in [-0.1, -0.05) is 6.42 Å². The number of nitrogens with zero attached hydrogens (tertiary/aromatic N) is 1. The van der Waals surface area contributed by atoms with Crippen molar-refractivity contribution in [3.05, 3.63) is 0 Å². The lowest BCUT2D eigenvalue weighted by Gasteiger charge is -2.27. The van der Waals surface area contributed by atoms with E-state index in [-0.39, 0.29) is 6.03 Å². The van der Waals surface area contributed by atoms with Crippen LogP contribution in [0.4, 0.5) is 4.79 Å². The number of rotatable bonds is 6. The maximum absolute atomic E-state index is 12.1.